The molecule has 21 heavy (non-hydrogen) atoms. The summed E-state index contributed by atoms with van der Waals surface area (Å²) in [5.41, 5.74) is 0.747. The van der Waals surface area contributed by atoms with Crippen LogP contribution in [0.5, 0.6) is 0 Å². The van der Waals surface area contributed by atoms with Gasteiger partial charge in [0.1, 0.15) is 6.04 Å². The number of carboxylic acid groups (broad SMARTS) is 1. The van der Waals surface area contributed by atoms with Crippen LogP contribution in [0.3, 0.4) is 0 Å². The second-order valence-electron chi connectivity index (χ2n) is 5.13. The van der Waals surface area contributed by atoms with E-state index < -0.39 is 22.0 Å². The molecule has 5 nitrogen and oxygen atoms in total. The molecule has 0 aromatic heterocycles. The summed E-state index contributed by atoms with van der Waals surface area (Å²) in [5.74, 6) is -1.77. The van der Waals surface area contributed by atoms with Crippen LogP contribution in [0.4, 0.5) is 0 Å². The zero-order valence-corrected chi connectivity index (χ0v) is 13.1. The Labute approximate surface area is 126 Å². The summed E-state index contributed by atoms with van der Waals surface area (Å²) in [4.78, 5) is 11.5. The first-order valence-corrected chi connectivity index (χ1v) is 8.27. The van der Waals surface area contributed by atoms with Crippen LogP contribution in [-0.2, 0) is 21.4 Å². The Morgan fingerprint density at radius 1 is 1.33 bits per heavy atom. The molecule has 0 saturated heterocycles. The van der Waals surface area contributed by atoms with Crippen LogP contribution in [0.1, 0.15) is 19.4 Å². The van der Waals surface area contributed by atoms with Crippen LogP contribution in [-0.4, -0.2) is 35.6 Å². The molecule has 0 amide bonds. The number of carboxylic acids is 1. The number of sulfonamides is 1. The summed E-state index contributed by atoms with van der Waals surface area (Å²) in [6, 6.07) is 7.85. The molecular weight excluding hydrogens is 290 g/mol. The van der Waals surface area contributed by atoms with Crippen molar-refractivity contribution >= 4 is 16.0 Å². The van der Waals surface area contributed by atoms with Crippen molar-refractivity contribution in [2.45, 2.75) is 26.4 Å². The predicted octanol–water partition coefficient (Wildman–Crippen LogP) is 2.11. The fourth-order valence-electron chi connectivity index (χ4n) is 2.12. The molecule has 0 radical (unpaired) electrons. The maximum Gasteiger partial charge on any atom is 0.322 e. The van der Waals surface area contributed by atoms with Gasteiger partial charge in [0.05, 0.1) is 5.75 Å². The van der Waals surface area contributed by atoms with Gasteiger partial charge in [-0.2, -0.15) is 4.31 Å². The molecule has 0 fully saturated rings. The standard InChI is InChI=1S/C15H21NO4S/c1-4-10-21(19,20)16(14(12(2)3)15(17)18)11-13-8-6-5-7-9-13/h4-9,12,14H,1,10-11H2,2-3H3,(H,17,18)/t14-/m1/s1. The molecule has 1 atom stereocenters. The van der Waals surface area contributed by atoms with Gasteiger partial charge < -0.3 is 5.11 Å². The summed E-state index contributed by atoms with van der Waals surface area (Å²) >= 11 is 0. The number of hydrogen-bond acceptors (Lipinski definition) is 3. The largest absolute Gasteiger partial charge is 0.480 e. The third-order valence-electron chi connectivity index (χ3n) is 3.06. The van der Waals surface area contributed by atoms with E-state index in [4.69, 9.17) is 0 Å². The highest BCUT2D eigenvalue weighted by Gasteiger charge is 2.36. The Morgan fingerprint density at radius 3 is 2.33 bits per heavy atom. The molecule has 1 aromatic carbocycles. The molecule has 6 heteroatoms. The summed E-state index contributed by atoms with van der Waals surface area (Å²) in [6.45, 7) is 6.85. The molecule has 0 heterocycles. The van der Waals surface area contributed by atoms with Gasteiger partial charge >= 0.3 is 5.97 Å². The zero-order valence-electron chi connectivity index (χ0n) is 12.3. The number of hydrogen-bond donors (Lipinski definition) is 1. The molecular formula is C15H21NO4S. The zero-order chi connectivity index (χ0) is 16.0. The van der Waals surface area contributed by atoms with Crippen LogP contribution < -0.4 is 0 Å². The number of aliphatic carboxylic acids is 1. The maximum atomic E-state index is 12.4. The Hall–Kier alpha value is -1.66. The minimum Gasteiger partial charge on any atom is -0.480 e. The SMILES string of the molecule is C=CCS(=O)(=O)N(Cc1ccccc1)[C@@H](C(=O)O)C(C)C. The molecule has 1 rings (SSSR count). The summed E-state index contributed by atoms with van der Waals surface area (Å²) in [5, 5.41) is 9.39. The Bertz CT molecular complexity index is 581. The third kappa shape index (κ3) is 4.68. The van der Waals surface area contributed by atoms with Crippen LogP contribution in [0.25, 0.3) is 0 Å². The molecule has 0 aliphatic heterocycles. The summed E-state index contributed by atoms with van der Waals surface area (Å²) in [6.07, 6.45) is 1.27. The van der Waals surface area contributed by atoms with E-state index in [1.54, 1.807) is 38.1 Å². The van der Waals surface area contributed by atoms with Gasteiger partial charge in [0.2, 0.25) is 10.0 Å². The normalized spacial score (nSPS) is 13.3. The van der Waals surface area contributed by atoms with Crippen molar-refractivity contribution in [3.05, 3.63) is 48.6 Å². The molecule has 1 N–H and O–H groups in total. The van der Waals surface area contributed by atoms with Crippen LogP contribution in [0.2, 0.25) is 0 Å². The van der Waals surface area contributed by atoms with Crippen molar-refractivity contribution in [3.63, 3.8) is 0 Å². The molecule has 0 bridgehead atoms. The molecule has 0 unspecified atom stereocenters. The fraction of sp³-hybridized carbons (Fsp3) is 0.400. The van der Waals surface area contributed by atoms with E-state index in [9.17, 15) is 18.3 Å². The van der Waals surface area contributed by atoms with Crippen molar-refractivity contribution in [2.75, 3.05) is 5.75 Å². The lowest BCUT2D eigenvalue weighted by molar-refractivity contribution is -0.143. The van der Waals surface area contributed by atoms with Crippen molar-refractivity contribution in [2.24, 2.45) is 5.92 Å². The van der Waals surface area contributed by atoms with Gasteiger partial charge in [0, 0.05) is 6.54 Å². The van der Waals surface area contributed by atoms with E-state index in [1.165, 1.54) is 6.08 Å². The van der Waals surface area contributed by atoms with Gasteiger partial charge in [-0.3, -0.25) is 4.79 Å². The smallest absolute Gasteiger partial charge is 0.322 e. The topological polar surface area (TPSA) is 74.7 Å². The Morgan fingerprint density at radius 2 is 1.90 bits per heavy atom. The fourth-order valence-corrected chi connectivity index (χ4v) is 3.63. The lowest BCUT2D eigenvalue weighted by Gasteiger charge is -2.30. The van der Waals surface area contributed by atoms with Gasteiger partial charge in [-0.15, -0.1) is 6.58 Å². The Balaban J connectivity index is 3.22. The van der Waals surface area contributed by atoms with E-state index in [2.05, 4.69) is 6.58 Å². The van der Waals surface area contributed by atoms with Crippen molar-refractivity contribution in [3.8, 4) is 0 Å². The first kappa shape index (κ1) is 17.4. The number of benzene rings is 1. The molecule has 0 aliphatic carbocycles. The molecule has 0 saturated carbocycles. The van der Waals surface area contributed by atoms with Crippen molar-refractivity contribution < 1.29 is 18.3 Å². The number of nitrogens with zero attached hydrogens (tertiary/aromatic N) is 1. The second-order valence-corrected chi connectivity index (χ2v) is 7.09. The van der Waals surface area contributed by atoms with Crippen LogP contribution >= 0.6 is 0 Å². The number of rotatable bonds is 8. The maximum absolute atomic E-state index is 12.4. The average molecular weight is 311 g/mol. The van der Waals surface area contributed by atoms with Crippen molar-refractivity contribution in [1.29, 1.82) is 0 Å². The average Bonchev–Trinajstić information content (AvgIpc) is 2.38. The van der Waals surface area contributed by atoms with Crippen LogP contribution in [0.15, 0.2) is 43.0 Å². The van der Waals surface area contributed by atoms with E-state index in [1.807, 2.05) is 6.07 Å². The predicted molar refractivity (Wildman–Crippen MR) is 82.2 cm³/mol. The molecule has 0 aliphatic rings. The Kier molecular flexibility index (Phi) is 6.11. The monoisotopic (exact) mass is 311 g/mol. The lowest BCUT2D eigenvalue weighted by Crippen LogP contribution is -2.48. The quantitative estimate of drug-likeness (QED) is 0.746. The van der Waals surface area contributed by atoms with Crippen LogP contribution in [0, 0.1) is 5.92 Å². The van der Waals surface area contributed by atoms with Crippen molar-refractivity contribution in [1.82, 2.24) is 4.31 Å². The van der Waals surface area contributed by atoms with Gasteiger partial charge in [0.25, 0.3) is 0 Å². The molecule has 116 valence electrons. The lowest BCUT2D eigenvalue weighted by atomic mass is 10.0. The minimum atomic E-state index is -3.73. The highest BCUT2D eigenvalue weighted by Crippen LogP contribution is 2.20. The molecule has 0 spiro atoms. The molecule has 1 aromatic rings. The summed E-state index contributed by atoms with van der Waals surface area (Å²) < 4.78 is 25.8. The van der Waals surface area contributed by atoms with E-state index >= 15 is 0 Å². The minimum absolute atomic E-state index is 0.0339. The highest BCUT2D eigenvalue weighted by atomic mass is 32.2. The number of carbonyl (C=O) groups is 1. The van der Waals surface area contributed by atoms with Gasteiger partial charge in [0.15, 0.2) is 0 Å². The van der Waals surface area contributed by atoms with E-state index in [-0.39, 0.29) is 18.2 Å². The van der Waals surface area contributed by atoms with E-state index in [0.29, 0.717) is 0 Å². The summed E-state index contributed by atoms with van der Waals surface area (Å²) in [7, 11) is -3.73. The third-order valence-corrected chi connectivity index (χ3v) is 4.79. The first-order valence-electron chi connectivity index (χ1n) is 6.66. The second kappa shape index (κ2) is 7.38. The first-order chi connectivity index (χ1) is 9.79. The van der Waals surface area contributed by atoms with Gasteiger partial charge in [-0.25, -0.2) is 8.42 Å². The highest BCUT2D eigenvalue weighted by molar-refractivity contribution is 7.89. The van der Waals surface area contributed by atoms with Gasteiger partial charge in [-0.1, -0.05) is 50.3 Å². The van der Waals surface area contributed by atoms with Gasteiger partial charge in [-0.05, 0) is 11.5 Å². The van der Waals surface area contributed by atoms with E-state index in [0.717, 1.165) is 9.87 Å².